The first kappa shape index (κ1) is 15.7. The summed E-state index contributed by atoms with van der Waals surface area (Å²) in [6.07, 6.45) is 3.96. The van der Waals surface area contributed by atoms with Crippen LogP contribution in [0.2, 0.25) is 5.02 Å². The zero-order chi connectivity index (χ0) is 14.6. The van der Waals surface area contributed by atoms with Gasteiger partial charge in [-0.2, -0.15) is 0 Å². The number of ether oxygens (including phenoxy) is 1. The molecule has 4 heteroatoms. The van der Waals surface area contributed by atoms with E-state index in [9.17, 15) is 4.39 Å². The molecule has 1 aromatic rings. The Morgan fingerprint density at radius 1 is 1.50 bits per heavy atom. The third kappa shape index (κ3) is 3.72. The molecule has 20 heavy (non-hydrogen) atoms. The van der Waals surface area contributed by atoms with Crippen molar-refractivity contribution < 1.29 is 9.13 Å². The van der Waals surface area contributed by atoms with Crippen LogP contribution in [0.5, 0.6) is 0 Å². The molecule has 1 saturated heterocycles. The van der Waals surface area contributed by atoms with E-state index >= 15 is 0 Å². The molecule has 0 amide bonds. The molecule has 0 spiro atoms. The van der Waals surface area contributed by atoms with Crippen molar-refractivity contribution in [2.24, 2.45) is 0 Å². The first-order chi connectivity index (χ1) is 9.55. The maximum absolute atomic E-state index is 13.6. The standard InChI is InChI=1S/C16H23ClFNO/c1-3-8-19-15(16(2)7-4-9-20-16)11-12-5-6-13(17)14(18)10-12/h5-6,10,15,19H,3-4,7-9,11H2,1-2H3. The van der Waals surface area contributed by atoms with E-state index < -0.39 is 0 Å². The quantitative estimate of drug-likeness (QED) is 0.858. The maximum atomic E-state index is 13.6. The molecule has 0 bridgehead atoms. The second kappa shape index (κ2) is 6.88. The van der Waals surface area contributed by atoms with Gasteiger partial charge in [0.25, 0.3) is 0 Å². The zero-order valence-corrected chi connectivity index (χ0v) is 13.0. The molecule has 0 aliphatic carbocycles. The average molecular weight is 300 g/mol. The minimum Gasteiger partial charge on any atom is -0.374 e. The number of benzene rings is 1. The van der Waals surface area contributed by atoms with E-state index in [0.717, 1.165) is 44.4 Å². The van der Waals surface area contributed by atoms with Gasteiger partial charge in [-0.25, -0.2) is 4.39 Å². The highest BCUT2D eigenvalue weighted by molar-refractivity contribution is 6.30. The number of rotatable bonds is 6. The maximum Gasteiger partial charge on any atom is 0.142 e. The van der Waals surface area contributed by atoms with Crippen LogP contribution in [-0.2, 0) is 11.2 Å². The van der Waals surface area contributed by atoms with Crippen LogP contribution in [0.15, 0.2) is 18.2 Å². The van der Waals surface area contributed by atoms with Crippen LogP contribution in [0.1, 0.15) is 38.7 Å². The van der Waals surface area contributed by atoms with Gasteiger partial charge in [0, 0.05) is 12.6 Å². The molecule has 1 aromatic carbocycles. The van der Waals surface area contributed by atoms with Crippen molar-refractivity contribution in [2.75, 3.05) is 13.2 Å². The molecule has 2 rings (SSSR count). The third-order valence-electron chi connectivity index (χ3n) is 4.05. The fraction of sp³-hybridized carbons (Fsp3) is 0.625. The Morgan fingerprint density at radius 2 is 2.30 bits per heavy atom. The van der Waals surface area contributed by atoms with Gasteiger partial charge in [0.15, 0.2) is 0 Å². The van der Waals surface area contributed by atoms with Crippen LogP contribution < -0.4 is 5.32 Å². The van der Waals surface area contributed by atoms with Crippen molar-refractivity contribution in [1.29, 1.82) is 0 Å². The Morgan fingerprint density at radius 3 is 2.90 bits per heavy atom. The molecule has 1 fully saturated rings. The van der Waals surface area contributed by atoms with Crippen molar-refractivity contribution in [3.63, 3.8) is 0 Å². The van der Waals surface area contributed by atoms with Crippen LogP contribution in [0.25, 0.3) is 0 Å². The number of nitrogens with one attached hydrogen (secondary N) is 1. The SMILES string of the molecule is CCCNC(Cc1ccc(Cl)c(F)c1)C1(C)CCCO1. The van der Waals surface area contributed by atoms with Crippen molar-refractivity contribution >= 4 is 11.6 Å². The third-order valence-corrected chi connectivity index (χ3v) is 4.36. The van der Waals surface area contributed by atoms with E-state index in [1.165, 1.54) is 6.07 Å². The molecule has 0 radical (unpaired) electrons. The van der Waals surface area contributed by atoms with Gasteiger partial charge in [-0.1, -0.05) is 24.6 Å². The molecule has 2 unspecified atom stereocenters. The minimum absolute atomic E-state index is 0.161. The molecule has 2 atom stereocenters. The normalized spacial score (nSPS) is 24.0. The molecule has 0 saturated carbocycles. The molecular formula is C16H23ClFNO. The topological polar surface area (TPSA) is 21.3 Å². The van der Waals surface area contributed by atoms with Gasteiger partial charge in [0.1, 0.15) is 5.82 Å². The second-order valence-corrected chi connectivity index (χ2v) is 6.13. The molecule has 2 nitrogen and oxygen atoms in total. The Balaban J connectivity index is 2.12. The highest BCUT2D eigenvalue weighted by Crippen LogP contribution is 2.31. The summed E-state index contributed by atoms with van der Waals surface area (Å²) in [5.74, 6) is -0.351. The van der Waals surface area contributed by atoms with Gasteiger partial charge in [-0.3, -0.25) is 0 Å². The van der Waals surface area contributed by atoms with Crippen molar-refractivity contribution in [3.8, 4) is 0 Å². The summed E-state index contributed by atoms with van der Waals surface area (Å²) < 4.78 is 19.5. The first-order valence-corrected chi connectivity index (χ1v) is 7.74. The highest BCUT2D eigenvalue weighted by Gasteiger charge is 2.37. The Hall–Kier alpha value is -0.640. The van der Waals surface area contributed by atoms with Crippen molar-refractivity contribution in [1.82, 2.24) is 5.32 Å². The van der Waals surface area contributed by atoms with Gasteiger partial charge in [-0.05, 0) is 56.8 Å². The van der Waals surface area contributed by atoms with Gasteiger partial charge >= 0.3 is 0 Å². The lowest BCUT2D eigenvalue weighted by Crippen LogP contribution is -2.50. The van der Waals surface area contributed by atoms with Gasteiger partial charge in [0.2, 0.25) is 0 Å². The average Bonchev–Trinajstić information content (AvgIpc) is 2.86. The summed E-state index contributed by atoms with van der Waals surface area (Å²) in [4.78, 5) is 0. The summed E-state index contributed by atoms with van der Waals surface area (Å²) in [5.41, 5.74) is 0.794. The number of hydrogen-bond donors (Lipinski definition) is 1. The lowest BCUT2D eigenvalue weighted by atomic mass is 9.88. The molecular weight excluding hydrogens is 277 g/mol. The van der Waals surface area contributed by atoms with Gasteiger partial charge < -0.3 is 10.1 Å². The molecule has 1 aliphatic rings. The fourth-order valence-corrected chi connectivity index (χ4v) is 2.92. The predicted molar refractivity (Wildman–Crippen MR) is 80.8 cm³/mol. The van der Waals surface area contributed by atoms with Crippen LogP contribution in [0, 0.1) is 5.82 Å². The fourth-order valence-electron chi connectivity index (χ4n) is 2.80. The molecule has 112 valence electrons. The van der Waals surface area contributed by atoms with E-state index in [-0.39, 0.29) is 22.5 Å². The van der Waals surface area contributed by atoms with Crippen molar-refractivity contribution in [2.45, 2.75) is 51.2 Å². The minimum atomic E-state index is -0.351. The monoisotopic (exact) mass is 299 g/mol. The largest absolute Gasteiger partial charge is 0.374 e. The second-order valence-electron chi connectivity index (χ2n) is 5.72. The molecule has 1 N–H and O–H groups in total. The van der Waals surface area contributed by atoms with Crippen molar-refractivity contribution in [3.05, 3.63) is 34.6 Å². The van der Waals surface area contributed by atoms with E-state index in [0.29, 0.717) is 0 Å². The Kier molecular flexibility index (Phi) is 5.42. The molecule has 1 aliphatic heterocycles. The van der Waals surface area contributed by atoms with Crippen LogP contribution in [0.3, 0.4) is 0 Å². The highest BCUT2D eigenvalue weighted by atomic mass is 35.5. The summed E-state index contributed by atoms with van der Waals surface area (Å²) >= 11 is 5.74. The lowest BCUT2D eigenvalue weighted by Gasteiger charge is -2.34. The molecule has 1 heterocycles. The summed E-state index contributed by atoms with van der Waals surface area (Å²) in [5, 5.41) is 3.73. The van der Waals surface area contributed by atoms with E-state index in [2.05, 4.69) is 19.2 Å². The van der Waals surface area contributed by atoms with Crippen LogP contribution >= 0.6 is 11.6 Å². The number of halogens is 2. The molecule has 0 aromatic heterocycles. The Bertz CT molecular complexity index is 446. The zero-order valence-electron chi connectivity index (χ0n) is 12.2. The number of hydrogen-bond acceptors (Lipinski definition) is 2. The van der Waals surface area contributed by atoms with E-state index in [1.807, 2.05) is 6.07 Å². The van der Waals surface area contributed by atoms with E-state index in [4.69, 9.17) is 16.3 Å². The summed E-state index contributed by atoms with van der Waals surface area (Å²) in [7, 11) is 0. The smallest absolute Gasteiger partial charge is 0.142 e. The van der Waals surface area contributed by atoms with E-state index in [1.54, 1.807) is 6.07 Å². The van der Waals surface area contributed by atoms with Gasteiger partial charge in [0.05, 0.1) is 10.6 Å². The Labute approximate surface area is 125 Å². The van der Waals surface area contributed by atoms with Crippen LogP contribution in [0.4, 0.5) is 4.39 Å². The first-order valence-electron chi connectivity index (χ1n) is 7.36. The predicted octanol–water partition coefficient (Wildman–Crippen LogP) is 3.96. The van der Waals surface area contributed by atoms with Crippen LogP contribution in [-0.4, -0.2) is 24.8 Å². The summed E-state index contributed by atoms with van der Waals surface area (Å²) in [6, 6.07) is 5.25. The lowest BCUT2D eigenvalue weighted by molar-refractivity contribution is -0.0114. The summed E-state index contributed by atoms with van der Waals surface area (Å²) in [6.45, 7) is 6.05. The van der Waals surface area contributed by atoms with Gasteiger partial charge in [-0.15, -0.1) is 0 Å².